The molecule has 0 bridgehead atoms. The van der Waals surface area contributed by atoms with E-state index < -0.39 is 9.84 Å². The van der Waals surface area contributed by atoms with E-state index in [1.807, 2.05) is 6.92 Å². The maximum absolute atomic E-state index is 11.4. The van der Waals surface area contributed by atoms with Crippen molar-refractivity contribution in [2.75, 3.05) is 37.7 Å². The Kier molecular flexibility index (Phi) is 7.15. The molecular weight excluding hydrogens is 266 g/mol. The normalized spacial score (nSPS) is 20.5. The topological polar surface area (TPSA) is 79.8 Å². The number of guanidine groups is 1. The van der Waals surface area contributed by atoms with Crippen LogP contribution in [0, 0.1) is 0 Å². The molecule has 1 rings (SSSR count). The molecule has 1 aliphatic heterocycles. The van der Waals surface area contributed by atoms with Gasteiger partial charge < -0.3 is 15.4 Å². The van der Waals surface area contributed by atoms with Crippen molar-refractivity contribution in [2.24, 2.45) is 4.99 Å². The first-order valence-corrected chi connectivity index (χ1v) is 8.73. The number of hydrogen-bond acceptors (Lipinski definition) is 4. The number of rotatable bonds is 7. The molecule has 0 aliphatic carbocycles. The molecule has 0 saturated carbocycles. The lowest BCUT2D eigenvalue weighted by Gasteiger charge is -2.12. The van der Waals surface area contributed by atoms with E-state index in [-0.39, 0.29) is 17.6 Å². The highest BCUT2D eigenvalue weighted by atomic mass is 32.2. The fraction of sp³-hybridized carbons (Fsp3) is 0.917. The first-order chi connectivity index (χ1) is 9.07. The summed E-state index contributed by atoms with van der Waals surface area (Å²) in [7, 11) is -2.93. The van der Waals surface area contributed by atoms with Crippen LogP contribution in [0.25, 0.3) is 0 Å². The number of hydrogen-bond donors (Lipinski definition) is 2. The second-order valence-electron chi connectivity index (χ2n) is 4.52. The monoisotopic (exact) mass is 291 g/mol. The molecule has 1 heterocycles. The number of ether oxygens (including phenoxy) is 1. The van der Waals surface area contributed by atoms with Gasteiger partial charge in [-0.2, -0.15) is 0 Å². The van der Waals surface area contributed by atoms with Crippen LogP contribution in [0.15, 0.2) is 4.99 Å². The molecule has 1 atom stereocenters. The molecule has 0 aromatic carbocycles. The Balaban J connectivity index is 2.36. The van der Waals surface area contributed by atoms with Crippen LogP contribution in [-0.4, -0.2) is 58.2 Å². The molecule has 19 heavy (non-hydrogen) atoms. The molecule has 0 radical (unpaired) electrons. The van der Waals surface area contributed by atoms with Gasteiger partial charge in [0.25, 0.3) is 0 Å². The standard InChI is InChI=1S/C12H25N3O3S/c1-3-13-12(14-7-9-19(16,17)4-2)15-10-11-6-5-8-18-11/h11H,3-10H2,1-2H3,(H2,13,14,15). The largest absolute Gasteiger partial charge is 0.376 e. The van der Waals surface area contributed by atoms with E-state index in [4.69, 9.17) is 4.74 Å². The predicted octanol–water partition coefficient (Wildman–Crippen LogP) is 0.155. The fourth-order valence-electron chi connectivity index (χ4n) is 1.79. The summed E-state index contributed by atoms with van der Waals surface area (Å²) < 4.78 is 28.3. The van der Waals surface area contributed by atoms with Crippen molar-refractivity contribution in [1.82, 2.24) is 10.6 Å². The van der Waals surface area contributed by atoms with Crippen LogP contribution in [0.2, 0.25) is 0 Å². The summed E-state index contributed by atoms with van der Waals surface area (Å²) in [5, 5.41) is 6.14. The number of nitrogens with one attached hydrogen (secondary N) is 2. The molecule has 1 unspecified atom stereocenters. The minimum absolute atomic E-state index is 0.133. The summed E-state index contributed by atoms with van der Waals surface area (Å²) in [6.07, 6.45) is 2.35. The number of sulfone groups is 1. The maximum atomic E-state index is 11.4. The van der Waals surface area contributed by atoms with Gasteiger partial charge >= 0.3 is 0 Å². The second kappa shape index (κ2) is 8.37. The third-order valence-electron chi connectivity index (χ3n) is 2.97. The summed E-state index contributed by atoms with van der Waals surface area (Å²) in [6, 6.07) is 0. The van der Waals surface area contributed by atoms with Gasteiger partial charge in [-0.3, -0.25) is 4.99 Å². The SMILES string of the molecule is CCNC(=NCC1CCCO1)NCCS(=O)(=O)CC. The summed E-state index contributed by atoms with van der Waals surface area (Å²) in [6.45, 7) is 6.21. The summed E-state index contributed by atoms with van der Waals surface area (Å²) in [5.41, 5.74) is 0. The van der Waals surface area contributed by atoms with Gasteiger partial charge in [0.1, 0.15) is 0 Å². The Morgan fingerprint density at radius 3 is 2.74 bits per heavy atom. The molecule has 0 aromatic rings. The smallest absolute Gasteiger partial charge is 0.191 e. The minimum Gasteiger partial charge on any atom is -0.376 e. The van der Waals surface area contributed by atoms with Gasteiger partial charge in [0, 0.05) is 25.4 Å². The predicted molar refractivity (Wildman–Crippen MR) is 77.3 cm³/mol. The quantitative estimate of drug-likeness (QED) is 0.516. The molecule has 1 aliphatic rings. The average molecular weight is 291 g/mol. The van der Waals surface area contributed by atoms with Crippen molar-refractivity contribution >= 4 is 15.8 Å². The van der Waals surface area contributed by atoms with Gasteiger partial charge in [0.15, 0.2) is 15.8 Å². The van der Waals surface area contributed by atoms with Crippen LogP contribution in [0.5, 0.6) is 0 Å². The van der Waals surface area contributed by atoms with E-state index >= 15 is 0 Å². The van der Waals surface area contributed by atoms with Crippen LogP contribution in [0.4, 0.5) is 0 Å². The molecule has 0 aromatic heterocycles. The van der Waals surface area contributed by atoms with E-state index in [9.17, 15) is 8.42 Å². The molecule has 112 valence electrons. The molecule has 1 saturated heterocycles. The molecule has 7 heteroatoms. The van der Waals surface area contributed by atoms with E-state index in [0.717, 1.165) is 26.0 Å². The van der Waals surface area contributed by atoms with Crippen LogP contribution < -0.4 is 10.6 Å². The highest BCUT2D eigenvalue weighted by Gasteiger charge is 2.15. The van der Waals surface area contributed by atoms with Gasteiger partial charge in [0.05, 0.1) is 18.4 Å². The zero-order valence-corrected chi connectivity index (χ0v) is 12.6. The van der Waals surface area contributed by atoms with Gasteiger partial charge in [-0.15, -0.1) is 0 Å². The van der Waals surface area contributed by atoms with Crippen molar-refractivity contribution < 1.29 is 13.2 Å². The van der Waals surface area contributed by atoms with Gasteiger partial charge in [-0.05, 0) is 19.8 Å². The Labute approximate surface area is 115 Å². The van der Waals surface area contributed by atoms with Gasteiger partial charge in [-0.1, -0.05) is 6.92 Å². The Hall–Kier alpha value is -0.820. The third kappa shape index (κ3) is 6.77. The summed E-state index contributed by atoms with van der Waals surface area (Å²) in [4.78, 5) is 4.42. The molecular formula is C12H25N3O3S. The van der Waals surface area contributed by atoms with Gasteiger partial charge in [0.2, 0.25) is 0 Å². The second-order valence-corrected chi connectivity index (χ2v) is 6.99. The van der Waals surface area contributed by atoms with E-state index in [2.05, 4.69) is 15.6 Å². The Morgan fingerprint density at radius 2 is 2.16 bits per heavy atom. The van der Waals surface area contributed by atoms with Crippen molar-refractivity contribution in [3.8, 4) is 0 Å². The zero-order valence-electron chi connectivity index (χ0n) is 11.8. The van der Waals surface area contributed by atoms with Crippen molar-refractivity contribution in [3.05, 3.63) is 0 Å². The third-order valence-corrected chi connectivity index (χ3v) is 4.67. The van der Waals surface area contributed by atoms with Crippen LogP contribution in [-0.2, 0) is 14.6 Å². The Bertz CT molecular complexity index is 376. The number of nitrogens with zero attached hydrogens (tertiary/aromatic N) is 1. The first-order valence-electron chi connectivity index (χ1n) is 6.91. The molecule has 1 fully saturated rings. The minimum atomic E-state index is -2.93. The summed E-state index contributed by atoms with van der Waals surface area (Å²) in [5.74, 6) is 0.968. The molecule has 0 amide bonds. The zero-order chi connectivity index (χ0) is 14.1. The lowest BCUT2D eigenvalue weighted by atomic mass is 10.2. The fourth-order valence-corrected chi connectivity index (χ4v) is 2.49. The molecule has 6 nitrogen and oxygen atoms in total. The Morgan fingerprint density at radius 1 is 1.37 bits per heavy atom. The first kappa shape index (κ1) is 16.2. The van der Waals surface area contributed by atoms with Crippen molar-refractivity contribution in [3.63, 3.8) is 0 Å². The molecule has 0 spiro atoms. The maximum Gasteiger partial charge on any atom is 0.191 e. The van der Waals surface area contributed by atoms with Crippen molar-refractivity contribution in [2.45, 2.75) is 32.8 Å². The van der Waals surface area contributed by atoms with E-state index in [1.54, 1.807) is 6.92 Å². The van der Waals surface area contributed by atoms with Crippen LogP contribution >= 0.6 is 0 Å². The number of aliphatic imine (C=N–C) groups is 1. The molecule has 2 N–H and O–H groups in total. The van der Waals surface area contributed by atoms with E-state index in [1.165, 1.54) is 0 Å². The summed E-state index contributed by atoms with van der Waals surface area (Å²) >= 11 is 0. The van der Waals surface area contributed by atoms with E-state index in [0.29, 0.717) is 19.0 Å². The average Bonchev–Trinajstić information content (AvgIpc) is 2.89. The highest BCUT2D eigenvalue weighted by Crippen LogP contribution is 2.11. The van der Waals surface area contributed by atoms with Crippen molar-refractivity contribution in [1.29, 1.82) is 0 Å². The van der Waals surface area contributed by atoms with Crippen LogP contribution in [0.3, 0.4) is 0 Å². The van der Waals surface area contributed by atoms with Crippen LogP contribution in [0.1, 0.15) is 26.7 Å². The van der Waals surface area contributed by atoms with Gasteiger partial charge in [-0.25, -0.2) is 8.42 Å². The lowest BCUT2D eigenvalue weighted by molar-refractivity contribution is 0.117. The lowest BCUT2D eigenvalue weighted by Crippen LogP contribution is -2.40. The highest BCUT2D eigenvalue weighted by molar-refractivity contribution is 7.91.